The molecule has 0 radical (unpaired) electrons. The van der Waals surface area contributed by atoms with E-state index in [2.05, 4.69) is 21.2 Å². The number of carbonyl (C=O) groups excluding carboxylic acids is 3. The van der Waals surface area contributed by atoms with Crippen LogP contribution >= 0.6 is 22.6 Å². The first-order valence-electron chi connectivity index (χ1n) is 11.1. The van der Waals surface area contributed by atoms with Crippen LogP contribution < -0.4 is 30.3 Å². The predicted molar refractivity (Wildman–Crippen MR) is 147 cm³/mol. The minimum absolute atomic E-state index is 0.165. The first kappa shape index (κ1) is 28.4. The van der Waals surface area contributed by atoms with E-state index in [1.807, 2.05) is 22.6 Å². The normalized spacial score (nSPS) is 10.5. The van der Waals surface area contributed by atoms with Gasteiger partial charge in [0.05, 0.1) is 24.0 Å². The lowest BCUT2D eigenvalue weighted by Crippen LogP contribution is -2.37. The predicted octanol–water partition coefficient (Wildman–Crippen LogP) is 3.23. The Morgan fingerprint density at radius 2 is 1.68 bits per heavy atom. The van der Waals surface area contributed by atoms with Crippen LogP contribution in [0.25, 0.3) is 0 Å². The summed E-state index contributed by atoms with van der Waals surface area (Å²) in [7, 11) is 2.99. The summed E-state index contributed by atoms with van der Waals surface area (Å²) in [6.07, 6.45) is 1.34. The van der Waals surface area contributed by atoms with Crippen molar-refractivity contribution in [3.05, 3.63) is 81.2 Å². The van der Waals surface area contributed by atoms with E-state index in [0.29, 0.717) is 32.1 Å². The van der Waals surface area contributed by atoms with Crippen LogP contribution in [0.5, 0.6) is 17.2 Å². The van der Waals surface area contributed by atoms with Crippen molar-refractivity contribution in [3.8, 4) is 17.2 Å². The van der Waals surface area contributed by atoms with Gasteiger partial charge in [0.15, 0.2) is 18.1 Å². The number of carbonyl (C=O) groups is 3. The van der Waals surface area contributed by atoms with Crippen LogP contribution in [-0.2, 0) is 20.9 Å². The molecule has 3 aromatic carbocycles. The molecule has 0 saturated heterocycles. The first-order valence-corrected chi connectivity index (χ1v) is 12.2. The molecule has 0 aliphatic heterocycles. The van der Waals surface area contributed by atoms with E-state index in [9.17, 15) is 18.8 Å². The Morgan fingerprint density at radius 3 is 2.34 bits per heavy atom. The van der Waals surface area contributed by atoms with Crippen LogP contribution in [0.2, 0.25) is 0 Å². The topological polar surface area (TPSA) is 127 Å². The molecule has 3 N–H and O–H groups in total. The molecule has 0 heterocycles. The van der Waals surface area contributed by atoms with E-state index >= 15 is 0 Å². The quantitative estimate of drug-likeness (QED) is 0.136. The third-order valence-electron chi connectivity index (χ3n) is 4.93. The van der Waals surface area contributed by atoms with Gasteiger partial charge in [0.2, 0.25) is 0 Å². The number of hydrogen-bond acceptors (Lipinski definition) is 7. The number of hydrazone groups is 1. The Hall–Kier alpha value is -4.20. The monoisotopic (exact) mass is 634 g/mol. The molecule has 0 atom stereocenters. The van der Waals surface area contributed by atoms with E-state index in [1.54, 1.807) is 43.5 Å². The van der Waals surface area contributed by atoms with Crippen molar-refractivity contribution in [1.82, 2.24) is 10.7 Å². The van der Waals surface area contributed by atoms with Gasteiger partial charge in [-0.2, -0.15) is 5.10 Å². The van der Waals surface area contributed by atoms with Crippen LogP contribution in [0.4, 0.5) is 10.1 Å². The number of ether oxygens (including phenoxy) is 3. The third-order valence-corrected chi connectivity index (χ3v) is 5.73. The zero-order valence-electron chi connectivity index (χ0n) is 20.4. The second-order valence-electron chi connectivity index (χ2n) is 7.61. The highest BCUT2D eigenvalue weighted by atomic mass is 127. The Morgan fingerprint density at radius 1 is 0.974 bits per heavy atom. The maximum absolute atomic E-state index is 13.0. The highest BCUT2D eigenvalue weighted by Crippen LogP contribution is 2.33. The summed E-state index contributed by atoms with van der Waals surface area (Å²) >= 11 is 2.01. The second kappa shape index (κ2) is 13.9. The van der Waals surface area contributed by atoms with Crippen molar-refractivity contribution in [3.63, 3.8) is 0 Å². The number of nitrogens with one attached hydrogen (secondary N) is 3. The fraction of sp³-hybridized carbons (Fsp3) is 0.154. The van der Waals surface area contributed by atoms with Gasteiger partial charge in [0.1, 0.15) is 11.6 Å². The summed E-state index contributed by atoms with van der Waals surface area (Å²) in [5, 5.41) is 8.93. The number of rotatable bonds is 10. The lowest BCUT2D eigenvalue weighted by atomic mass is 10.2. The Labute approximate surface area is 231 Å². The van der Waals surface area contributed by atoms with Gasteiger partial charge in [-0.3, -0.25) is 14.4 Å². The number of nitrogens with zero attached hydrogens (tertiary/aromatic N) is 1. The summed E-state index contributed by atoms with van der Waals surface area (Å²) in [6.45, 7) is -0.141. The van der Waals surface area contributed by atoms with E-state index in [0.717, 1.165) is 5.56 Å². The number of halogens is 2. The standard InChI is InChI=1S/C26H24FIN4O6/c1-36-20-9-3-16(4-10-20)13-29-25(34)26(35)32-30-14-17-11-21(28)24(22(12-17)37-2)38-15-23(33)31-19-7-5-18(27)6-8-19/h3-12,14H,13,15H2,1-2H3,(H,29,34)(H,31,33)(H,32,35)/b30-14-. The van der Waals surface area contributed by atoms with Gasteiger partial charge >= 0.3 is 11.8 Å². The largest absolute Gasteiger partial charge is 0.497 e. The molecule has 0 saturated carbocycles. The average Bonchev–Trinajstić information content (AvgIpc) is 2.92. The highest BCUT2D eigenvalue weighted by Gasteiger charge is 2.15. The zero-order chi connectivity index (χ0) is 27.5. The molecule has 3 aromatic rings. The number of benzene rings is 3. The van der Waals surface area contributed by atoms with Gasteiger partial charge in [-0.05, 0) is 82.2 Å². The van der Waals surface area contributed by atoms with Gasteiger partial charge in [0.25, 0.3) is 5.91 Å². The van der Waals surface area contributed by atoms with Crippen molar-refractivity contribution in [2.45, 2.75) is 6.54 Å². The van der Waals surface area contributed by atoms with Crippen molar-refractivity contribution in [2.24, 2.45) is 5.10 Å². The maximum atomic E-state index is 13.0. The lowest BCUT2D eigenvalue weighted by Gasteiger charge is -2.13. The third kappa shape index (κ3) is 8.44. The molecule has 38 heavy (non-hydrogen) atoms. The molecular weight excluding hydrogens is 610 g/mol. The van der Waals surface area contributed by atoms with Crippen molar-refractivity contribution < 1.29 is 33.0 Å². The molecular formula is C26H24FIN4O6. The van der Waals surface area contributed by atoms with E-state index in [-0.39, 0.29) is 13.2 Å². The lowest BCUT2D eigenvalue weighted by molar-refractivity contribution is -0.139. The van der Waals surface area contributed by atoms with Crippen LogP contribution in [0.15, 0.2) is 65.8 Å². The molecule has 3 rings (SSSR count). The minimum Gasteiger partial charge on any atom is -0.497 e. The van der Waals surface area contributed by atoms with Gasteiger partial charge < -0.3 is 24.8 Å². The van der Waals surface area contributed by atoms with Gasteiger partial charge in [-0.25, -0.2) is 9.82 Å². The van der Waals surface area contributed by atoms with Gasteiger partial charge in [0, 0.05) is 12.2 Å². The van der Waals surface area contributed by atoms with E-state index < -0.39 is 23.5 Å². The summed E-state index contributed by atoms with van der Waals surface area (Å²) in [5.74, 6) is -1.26. The summed E-state index contributed by atoms with van der Waals surface area (Å²) in [6, 6.07) is 15.7. The summed E-state index contributed by atoms with van der Waals surface area (Å²) in [5.41, 5.74) is 3.95. The first-order chi connectivity index (χ1) is 18.3. The molecule has 0 aliphatic rings. The molecule has 12 heteroatoms. The molecule has 10 nitrogen and oxygen atoms in total. The van der Waals surface area contributed by atoms with Crippen LogP contribution in [0, 0.1) is 9.39 Å². The molecule has 0 unspecified atom stereocenters. The average molecular weight is 634 g/mol. The zero-order valence-corrected chi connectivity index (χ0v) is 22.6. The van der Waals surface area contributed by atoms with Crippen molar-refractivity contribution in [2.75, 3.05) is 26.1 Å². The highest BCUT2D eigenvalue weighted by molar-refractivity contribution is 14.1. The van der Waals surface area contributed by atoms with E-state index in [4.69, 9.17) is 14.2 Å². The SMILES string of the molecule is COc1ccc(CNC(=O)C(=O)N/N=C\c2cc(I)c(OCC(=O)Nc3ccc(F)cc3)c(OC)c2)cc1. The molecule has 0 bridgehead atoms. The summed E-state index contributed by atoms with van der Waals surface area (Å²) < 4.78 is 29.7. The Bertz CT molecular complexity index is 1320. The minimum atomic E-state index is -0.927. The second-order valence-corrected chi connectivity index (χ2v) is 8.77. The van der Waals surface area contributed by atoms with Crippen LogP contribution in [-0.4, -0.2) is 44.8 Å². The molecule has 3 amide bonds. The smallest absolute Gasteiger partial charge is 0.329 e. The van der Waals surface area contributed by atoms with E-state index in [1.165, 1.54) is 37.6 Å². The van der Waals surface area contributed by atoms with Crippen LogP contribution in [0.3, 0.4) is 0 Å². The maximum Gasteiger partial charge on any atom is 0.329 e. The Balaban J connectivity index is 1.52. The van der Waals surface area contributed by atoms with Crippen LogP contribution in [0.1, 0.15) is 11.1 Å². The molecule has 0 aliphatic carbocycles. The fourth-order valence-corrected chi connectivity index (χ4v) is 3.83. The van der Waals surface area contributed by atoms with Crippen molar-refractivity contribution in [1.29, 1.82) is 0 Å². The molecule has 0 aromatic heterocycles. The molecule has 0 fully saturated rings. The Kier molecular flexibility index (Phi) is 10.4. The molecule has 0 spiro atoms. The number of anilines is 1. The van der Waals surface area contributed by atoms with Gasteiger partial charge in [-0.15, -0.1) is 0 Å². The number of methoxy groups -OCH3 is 2. The molecule has 198 valence electrons. The van der Waals surface area contributed by atoms with Crippen molar-refractivity contribution >= 4 is 52.2 Å². The number of hydrogen-bond donors (Lipinski definition) is 3. The fourth-order valence-electron chi connectivity index (χ4n) is 3.04. The summed E-state index contributed by atoms with van der Waals surface area (Å²) in [4.78, 5) is 36.3. The van der Waals surface area contributed by atoms with Gasteiger partial charge in [-0.1, -0.05) is 12.1 Å². The number of amides is 3.